The lowest BCUT2D eigenvalue weighted by atomic mass is 9.97. The molecule has 1 aromatic rings. The normalized spacial score (nSPS) is 18.7. The van der Waals surface area contributed by atoms with E-state index in [-0.39, 0.29) is 18.4 Å². The highest BCUT2D eigenvalue weighted by Gasteiger charge is 2.28. The fourth-order valence-corrected chi connectivity index (χ4v) is 2.75. The van der Waals surface area contributed by atoms with E-state index >= 15 is 0 Å². The highest BCUT2D eigenvalue weighted by Crippen LogP contribution is 2.22. The molecule has 0 aromatic carbocycles. The third-order valence-corrected chi connectivity index (χ3v) is 3.82. The molecule has 0 radical (unpaired) electrons. The summed E-state index contributed by atoms with van der Waals surface area (Å²) in [6.45, 7) is 1.80. The number of carboxylic acids is 1. The minimum Gasteiger partial charge on any atom is -0.481 e. The Labute approximate surface area is 123 Å². The van der Waals surface area contributed by atoms with E-state index in [1.165, 1.54) is 0 Å². The molecule has 2 rings (SSSR count). The van der Waals surface area contributed by atoms with Gasteiger partial charge in [0.15, 0.2) is 0 Å². The van der Waals surface area contributed by atoms with Gasteiger partial charge in [-0.3, -0.25) is 9.59 Å². The standard InChI is InChI=1S/C14H22N4O3/c15-6-8-17-9-12(16-10-17)14(21)18-7-2-1-3-11(18)4-5-13(19)20/h9-11H,1-8,15H2,(H,19,20). The van der Waals surface area contributed by atoms with Gasteiger partial charge in [0, 0.05) is 38.3 Å². The maximum atomic E-state index is 12.5. The lowest BCUT2D eigenvalue weighted by Crippen LogP contribution is -2.44. The van der Waals surface area contributed by atoms with Crippen LogP contribution in [0.5, 0.6) is 0 Å². The first-order valence-corrected chi connectivity index (χ1v) is 7.36. The Morgan fingerprint density at radius 1 is 1.43 bits per heavy atom. The van der Waals surface area contributed by atoms with E-state index in [1.807, 2.05) is 0 Å². The second-order valence-corrected chi connectivity index (χ2v) is 5.37. The van der Waals surface area contributed by atoms with Crippen LogP contribution in [0.25, 0.3) is 0 Å². The number of imidazole rings is 1. The van der Waals surface area contributed by atoms with E-state index in [9.17, 15) is 9.59 Å². The lowest BCUT2D eigenvalue weighted by molar-refractivity contribution is -0.137. The molecular weight excluding hydrogens is 272 g/mol. The van der Waals surface area contributed by atoms with Gasteiger partial charge in [-0.2, -0.15) is 0 Å². The van der Waals surface area contributed by atoms with E-state index in [0.717, 1.165) is 19.3 Å². The summed E-state index contributed by atoms with van der Waals surface area (Å²) in [5, 5.41) is 8.82. The summed E-state index contributed by atoms with van der Waals surface area (Å²) in [5.74, 6) is -0.930. The molecule has 0 saturated carbocycles. The van der Waals surface area contributed by atoms with Crippen molar-refractivity contribution in [3.05, 3.63) is 18.2 Å². The molecule has 7 nitrogen and oxygen atoms in total. The fourth-order valence-electron chi connectivity index (χ4n) is 2.75. The van der Waals surface area contributed by atoms with Crippen LogP contribution in [0.4, 0.5) is 0 Å². The van der Waals surface area contributed by atoms with Crippen molar-refractivity contribution in [3.8, 4) is 0 Å². The first kappa shape index (κ1) is 15.5. The number of carboxylic acid groups (broad SMARTS) is 1. The summed E-state index contributed by atoms with van der Waals surface area (Å²) >= 11 is 0. The number of hydrogen-bond donors (Lipinski definition) is 2. The summed E-state index contributed by atoms with van der Waals surface area (Å²) in [4.78, 5) is 29.2. The average Bonchev–Trinajstić information content (AvgIpc) is 2.94. The molecule has 1 saturated heterocycles. The van der Waals surface area contributed by atoms with Crippen LogP contribution in [-0.2, 0) is 11.3 Å². The first-order chi connectivity index (χ1) is 10.1. The summed E-state index contributed by atoms with van der Waals surface area (Å²) in [6.07, 6.45) is 6.77. The molecule has 1 fully saturated rings. The molecule has 7 heteroatoms. The monoisotopic (exact) mass is 294 g/mol. The van der Waals surface area contributed by atoms with E-state index < -0.39 is 5.97 Å². The van der Waals surface area contributed by atoms with Crippen LogP contribution in [0, 0.1) is 0 Å². The minimum absolute atomic E-state index is 0.00186. The average molecular weight is 294 g/mol. The summed E-state index contributed by atoms with van der Waals surface area (Å²) < 4.78 is 1.80. The number of hydrogen-bond acceptors (Lipinski definition) is 4. The smallest absolute Gasteiger partial charge is 0.303 e. The highest BCUT2D eigenvalue weighted by atomic mass is 16.4. The van der Waals surface area contributed by atoms with Crippen LogP contribution < -0.4 is 5.73 Å². The maximum Gasteiger partial charge on any atom is 0.303 e. The quantitative estimate of drug-likeness (QED) is 0.804. The van der Waals surface area contributed by atoms with Crippen LogP contribution in [0.1, 0.15) is 42.6 Å². The Morgan fingerprint density at radius 3 is 2.95 bits per heavy atom. The van der Waals surface area contributed by atoms with Crippen LogP contribution in [-0.4, -0.2) is 50.6 Å². The number of nitrogens with two attached hydrogens (primary N) is 1. The van der Waals surface area contributed by atoms with Crippen molar-refractivity contribution in [2.24, 2.45) is 5.73 Å². The molecule has 1 atom stereocenters. The Morgan fingerprint density at radius 2 is 2.24 bits per heavy atom. The first-order valence-electron chi connectivity index (χ1n) is 7.36. The van der Waals surface area contributed by atoms with Gasteiger partial charge in [-0.1, -0.05) is 0 Å². The van der Waals surface area contributed by atoms with Gasteiger partial charge in [-0.05, 0) is 25.7 Å². The van der Waals surface area contributed by atoms with Gasteiger partial charge in [-0.25, -0.2) is 4.98 Å². The largest absolute Gasteiger partial charge is 0.481 e. The van der Waals surface area contributed by atoms with Crippen LogP contribution >= 0.6 is 0 Å². The topological polar surface area (TPSA) is 101 Å². The van der Waals surface area contributed by atoms with Gasteiger partial charge in [-0.15, -0.1) is 0 Å². The van der Waals surface area contributed by atoms with Crippen molar-refractivity contribution >= 4 is 11.9 Å². The van der Waals surface area contributed by atoms with Crippen LogP contribution in [0.2, 0.25) is 0 Å². The molecule has 2 heterocycles. The van der Waals surface area contributed by atoms with Crippen molar-refractivity contribution in [1.82, 2.24) is 14.5 Å². The van der Waals surface area contributed by atoms with E-state index in [4.69, 9.17) is 10.8 Å². The van der Waals surface area contributed by atoms with Gasteiger partial charge in [0.25, 0.3) is 5.91 Å². The molecule has 3 N–H and O–H groups in total. The number of rotatable bonds is 6. The third-order valence-electron chi connectivity index (χ3n) is 3.82. The summed E-state index contributed by atoms with van der Waals surface area (Å²) in [6, 6.07) is 0.00186. The van der Waals surface area contributed by atoms with Crippen molar-refractivity contribution < 1.29 is 14.7 Å². The van der Waals surface area contributed by atoms with Gasteiger partial charge in [0.1, 0.15) is 5.69 Å². The third kappa shape index (κ3) is 4.04. The number of carbonyl (C=O) groups is 2. The lowest BCUT2D eigenvalue weighted by Gasteiger charge is -2.35. The summed E-state index contributed by atoms with van der Waals surface area (Å²) in [5.41, 5.74) is 5.89. The van der Waals surface area contributed by atoms with Crippen molar-refractivity contribution in [2.75, 3.05) is 13.1 Å². The molecule has 1 aliphatic rings. The zero-order valence-electron chi connectivity index (χ0n) is 12.1. The van der Waals surface area contributed by atoms with Gasteiger partial charge in [0.2, 0.25) is 0 Å². The van der Waals surface area contributed by atoms with Crippen LogP contribution in [0.15, 0.2) is 12.5 Å². The van der Waals surface area contributed by atoms with Gasteiger partial charge in [0.05, 0.1) is 6.33 Å². The SMILES string of the molecule is NCCn1cnc(C(=O)N2CCCCC2CCC(=O)O)c1. The van der Waals surface area contributed by atoms with E-state index in [2.05, 4.69) is 4.98 Å². The Bertz CT molecular complexity index is 500. The molecule has 1 amide bonds. The second kappa shape index (κ2) is 7.21. The number of nitrogens with zero attached hydrogens (tertiary/aromatic N) is 3. The highest BCUT2D eigenvalue weighted by molar-refractivity contribution is 5.92. The predicted molar refractivity (Wildman–Crippen MR) is 76.8 cm³/mol. The predicted octanol–water partition coefficient (Wildman–Crippen LogP) is 0.701. The number of aliphatic carboxylic acids is 1. The van der Waals surface area contributed by atoms with E-state index in [0.29, 0.717) is 31.7 Å². The number of likely N-dealkylation sites (tertiary alicyclic amines) is 1. The zero-order valence-corrected chi connectivity index (χ0v) is 12.1. The number of amides is 1. The van der Waals surface area contributed by atoms with Crippen LogP contribution in [0.3, 0.4) is 0 Å². The van der Waals surface area contributed by atoms with Crippen molar-refractivity contribution in [3.63, 3.8) is 0 Å². The Kier molecular flexibility index (Phi) is 5.32. The van der Waals surface area contributed by atoms with Gasteiger partial charge < -0.3 is 20.3 Å². The zero-order chi connectivity index (χ0) is 15.2. The van der Waals surface area contributed by atoms with Crippen molar-refractivity contribution in [2.45, 2.75) is 44.7 Å². The number of piperidine rings is 1. The number of aromatic nitrogens is 2. The molecule has 0 bridgehead atoms. The molecule has 21 heavy (non-hydrogen) atoms. The maximum absolute atomic E-state index is 12.5. The molecule has 0 aliphatic carbocycles. The molecule has 116 valence electrons. The Balaban J connectivity index is 2.04. The molecule has 1 unspecified atom stereocenters. The van der Waals surface area contributed by atoms with E-state index in [1.54, 1.807) is 22.0 Å². The minimum atomic E-state index is -0.819. The van der Waals surface area contributed by atoms with Gasteiger partial charge >= 0.3 is 5.97 Å². The fraction of sp³-hybridized carbons (Fsp3) is 0.643. The molecular formula is C14H22N4O3. The molecule has 1 aromatic heterocycles. The Hall–Kier alpha value is -1.89. The second-order valence-electron chi connectivity index (χ2n) is 5.37. The molecule has 0 spiro atoms. The number of carbonyl (C=O) groups excluding carboxylic acids is 1. The summed E-state index contributed by atoms with van der Waals surface area (Å²) in [7, 11) is 0. The van der Waals surface area contributed by atoms with Crippen molar-refractivity contribution in [1.29, 1.82) is 0 Å². The molecule has 1 aliphatic heterocycles.